The largest absolute Gasteiger partial charge is 0.479 e. The quantitative estimate of drug-likeness (QED) is 0.828. The zero-order chi connectivity index (χ0) is 11.5. The summed E-state index contributed by atoms with van der Waals surface area (Å²) < 4.78 is 15.2. The number of fused-ring (bicyclic) bond motifs is 1. The number of methoxy groups -OCH3 is 1. The number of rotatable bonds is 4. The molecule has 1 aliphatic heterocycles. The van der Waals surface area contributed by atoms with Crippen molar-refractivity contribution in [1.82, 2.24) is 0 Å². The van der Waals surface area contributed by atoms with Gasteiger partial charge in [-0.3, -0.25) is 0 Å². The van der Waals surface area contributed by atoms with Gasteiger partial charge in [-0.25, -0.2) is 4.79 Å². The van der Waals surface area contributed by atoms with E-state index in [0.29, 0.717) is 17.9 Å². The molecule has 1 aromatic rings. The van der Waals surface area contributed by atoms with Crippen molar-refractivity contribution in [2.75, 3.05) is 13.9 Å². The second kappa shape index (κ2) is 4.40. The van der Waals surface area contributed by atoms with Gasteiger partial charge in [-0.2, -0.15) is 0 Å². The lowest BCUT2D eigenvalue weighted by Crippen LogP contribution is -2.24. The average molecular weight is 224 g/mol. The molecule has 0 saturated carbocycles. The fraction of sp³-hybridized carbons (Fsp3) is 0.364. The molecule has 5 nitrogen and oxygen atoms in total. The highest BCUT2D eigenvalue weighted by atomic mass is 16.7. The van der Waals surface area contributed by atoms with Crippen LogP contribution in [0.2, 0.25) is 0 Å². The molecule has 86 valence electrons. The van der Waals surface area contributed by atoms with E-state index in [0.717, 1.165) is 5.56 Å². The number of ether oxygens (including phenoxy) is 3. The Morgan fingerprint density at radius 3 is 2.94 bits per heavy atom. The predicted octanol–water partition coefficient (Wildman–Crippen LogP) is 1.06. The van der Waals surface area contributed by atoms with Gasteiger partial charge in [0.05, 0.1) is 0 Å². The van der Waals surface area contributed by atoms with Gasteiger partial charge in [-0.05, 0) is 17.7 Å². The van der Waals surface area contributed by atoms with E-state index in [1.165, 1.54) is 7.11 Å². The average Bonchev–Trinajstić information content (AvgIpc) is 2.72. The van der Waals surface area contributed by atoms with Gasteiger partial charge in [0, 0.05) is 13.5 Å². The zero-order valence-electron chi connectivity index (χ0n) is 8.80. The van der Waals surface area contributed by atoms with Crippen molar-refractivity contribution < 1.29 is 24.1 Å². The highest BCUT2D eigenvalue weighted by molar-refractivity contribution is 5.72. The Hall–Kier alpha value is -1.75. The van der Waals surface area contributed by atoms with Crippen LogP contribution >= 0.6 is 0 Å². The molecule has 5 heteroatoms. The minimum Gasteiger partial charge on any atom is -0.479 e. The summed E-state index contributed by atoms with van der Waals surface area (Å²) in [6.45, 7) is 0.214. The molecule has 0 amide bonds. The van der Waals surface area contributed by atoms with Crippen LogP contribution in [0.1, 0.15) is 5.56 Å². The molecule has 1 heterocycles. The van der Waals surface area contributed by atoms with E-state index < -0.39 is 12.1 Å². The van der Waals surface area contributed by atoms with Gasteiger partial charge in [0.2, 0.25) is 6.79 Å². The molecule has 0 fully saturated rings. The molecule has 0 aliphatic carbocycles. The zero-order valence-corrected chi connectivity index (χ0v) is 8.80. The van der Waals surface area contributed by atoms with E-state index in [1.54, 1.807) is 12.1 Å². The maximum atomic E-state index is 10.8. The lowest BCUT2D eigenvalue weighted by Gasteiger charge is -2.10. The van der Waals surface area contributed by atoms with Crippen molar-refractivity contribution in [2.45, 2.75) is 12.5 Å². The summed E-state index contributed by atoms with van der Waals surface area (Å²) in [4.78, 5) is 10.8. The van der Waals surface area contributed by atoms with E-state index in [4.69, 9.17) is 19.3 Å². The molecule has 0 spiro atoms. The molecule has 1 unspecified atom stereocenters. The number of carbonyl (C=O) groups is 1. The van der Waals surface area contributed by atoms with Crippen molar-refractivity contribution >= 4 is 5.97 Å². The summed E-state index contributed by atoms with van der Waals surface area (Å²) in [6.07, 6.45) is -0.525. The van der Waals surface area contributed by atoms with Crippen molar-refractivity contribution in [2.24, 2.45) is 0 Å². The lowest BCUT2D eigenvalue weighted by molar-refractivity contribution is -0.148. The molecule has 1 aliphatic rings. The van der Waals surface area contributed by atoms with Gasteiger partial charge in [0.1, 0.15) is 0 Å². The highest BCUT2D eigenvalue weighted by Gasteiger charge is 2.19. The fourth-order valence-corrected chi connectivity index (χ4v) is 1.55. The molecule has 2 rings (SSSR count). The Balaban J connectivity index is 2.13. The Morgan fingerprint density at radius 1 is 1.50 bits per heavy atom. The number of hydrogen-bond donors (Lipinski definition) is 1. The van der Waals surface area contributed by atoms with Crippen LogP contribution < -0.4 is 9.47 Å². The van der Waals surface area contributed by atoms with Crippen LogP contribution in [0.5, 0.6) is 11.5 Å². The van der Waals surface area contributed by atoms with Crippen LogP contribution in [0.4, 0.5) is 0 Å². The van der Waals surface area contributed by atoms with Crippen LogP contribution in [0.25, 0.3) is 0 Å². The summed E-state index contributed by atoms with van der Waals surface area (Å²) in [6, 6.07) is 5.35. The second-order valence-electron chi connectivity index (χ2n) is 3.45. The SMILES string of the molecule is COC(Cc1ccc2c(c1)OCO2)C(=O)O. The van der Waals surface area contributed by atoms with Crippen molar-refractivity contribution in [3.8, 4) is 11.5 Å². The first-order valence-corrected chi connectivity index (χ1v) is 4.85. The monoisotopic (exact) mass is 224 g/mol. The Bertz CT molecular complexity index is 401. The van der Waals surface area contributed by atoms with Crippen molar-refractivity contribution in [1.29, 1.82) is 0 Å². The van der Waals surface area contributed by atoms with Crippen molar-refractivity contribution in [3.63, 3.8) is 0 Å². The first-order valence-electron chi connectivity index (χ1n) is 4.85. The maximum Gasteiger partial charge on any atom is 0.333 e. The number of aliphatic carboxylic acids is 1. The van der Waals surface area contributed by atoms with Gasteiger partial charge in [-0.15, -0.1) is 0 Å². The van der Waals surface area contributed by atoms with Gasteiger partial charge in [-0.1, -0.05) is 6.07 Å². The van der Waals surface area contributed by atoms with E-state index in [9.17, 15) is 4.79 Å². The van der Waals surface area contributed by atoms with Crippen LogP contribution in [0.15, 0.2) is 18.2 Å². The standard InChI is InChI=1S/C11H12O5/c1-14-10(11(12)13)5-7-2-3-8-9(4-7)16-6-15-8/h2-4,10H,5-6H2,1H3,(H,12,13). The summed E-state index contributed by atoms with van der Waals surface area (Å²) in [5, 5.41) is 8.85. The Morgan fingerprint density at radius 2 is 2.25 bits per heavy atom. The molecular formula is C11H12O5. The fourth-order valence-electron chi connectivity index (χ4n) is 1.55. The summed E-state index contributed by atoms with van der Waals surface area (Å²) in [5.74, 6) is 0.367. The molecule has 16 heavy (non-hydrogen) atoms. The molecule has 1 N–H and O–H groups in total. The van der Waals surface area contributed by atoms with Crippen LogP contribution in [-0.4, -0.2) is 31.1 Å². The van der Waals surface area contributed by atoms with Crippen molar-refractivity contribution in [3.05, 3.63) is 23.8 Å². The maximum absolute atomic E-state index is 10.8. The third-order valence-electron chi connectivity index (χ3n) is 2.42. The van der Waals surface area contributed by atoms with Crippen LogP contribution in [-0.2, 0) is 16.0 Å². The van der Waals surface area contributed by atoms with E-state index in [2.05, 4.69) is 0 Å². The first kappa shape index (κ1) is 10.8. The molecule has 0 saturated heterocycles. The second-order valence-corrected chi connectivity index (χ2v) is 3.45. The third-order valence-corrected chi connectivity index (χ3v) is 2.42. The van der Waals surface area contributed by atoms with E-state index in [1.807, 2.05) is 6.07 Å². The molecule has 1 aromatic carbocycles. The van der Waals surface area contributed by atoms with Gasteiger partial charge < -0.3 is 19.3 Å². The number of carboxylic acids is 1. The summed E-state index contributed by atoms with van der Waals surface area (Å²) >= 11 is 0. The molecular weight excluding hydrogens is 212 g/mol. The Labute approximate surface area is 92.5 Å². The number of hydrogen-bond acceptors (Lipinski definition) is 4. The topological polar surface area (TPSA) is 65.0 Å². The Kier molecular flexibility index (Phi) is 2.96. The lowest BCUT2D eigenvalue weighted by atomic mass is 10.1. The number of carboxylic acid groups (broad SMARTS) is 1. The normalized spacial score (nSPS) is 14.8. The predicted molar refractivity (Wildman–Crippen MR) is 54.7 cm³/mol. The molecule has 1 atom stereocenters. The van der Waals surface area contributed by atoms with Gasteiger partial charge in [0.15, 0.2) is 17.6 Å². The summed E-state index contributed by atoms with van der Waals surface area (Å²) in [5.41, 5.74) is 0.846. The highest BCUT2D eigenvalue weighted by Crippen LogP contribution is 2.32. The third kappa shape index (κ3) is 2.09. The van der Waals surface area contributed by atoms with Crippen LogP contribution in [0.3, 0.4) is 0 Å². The van der Waals surface area contributed by atoms with Gasteiger partial charge in [0.25, 0.3) is 0 Å². The van der Waals surface area contributed by atoms with Gasteiger partial charge >= 0.3 is 5.97 Å². The molecule has 0 aromatic heterocycles. The summed E-state index contributed by atoms with van der Waals surface area (Å²) in [7, 11) is 1.38. The smallest absolute Gasteiger partial charge is 0.333 e. The van der Waals surface area contributed by atoms with E-state index in [-0.39, 0.29) is 6.79 Å². The number of benzene rings is 1. The minimum atomic E-state index is -0.972. The van der Waals surface area contributed by atoms with Crippen LogP contribution in [0, 0.1) is 0 Å². The first-order chi connectivity index (χ1) is 7.70. The van der Waals surface area contributed by atoms with E-state index >= 15 is 0 Å². The molecule has 0 radical (unpaired) electrons. The minimum absolute atomic E-state index is 0.214. The molecule has 0 bridgehead atoms.